The van der Waals surface area contributed by atoms with Crippen molar-refractivity contribution in [1.29, 1.82) is 0 Å². The number of rotatable bonds is 6. The largest absolute Gasteiger partial charge is 0.481 e. The van der Waals surface area contributed by atoms with E-state index in [0.717, 1.165) is 38.8 Å². The van der Waals surface area contributed by atoms with Crippen LogP contribution in [0, 0.1) is 5.92 Å². The van der Waals surface area contributed by atoms with Gasteiger partial charge in [-0.15, -0.1) is 0 Å². The Hall–Kier alpha value is -0.610. The number of carboxylic acids is 1. The maximum absolute atomic E-state index is 10.8. The van der Waals surface area contributed by atoms with Gasteiger partial charge in [-0.25, -0.2) is 0 Å². The lowest BCUT2D eigenvalue weighted by molar-refractivity contribution is -0.143. The van der Waals surface area contributed by atoms with Crippen LogP contribution >= 0.6 is 0 Å². The van der Waals surface area contributed by atoms with Crippen molar-refractivity contribution in [2.24, 2.45) is 5.92 Å². The Morgan fingerprint density at radius 2 is 2.33 bits per heavy atom. The highest BCUT2D eigenvalue weighted by molar-refractivity contribution is 5.70. The summed E-state index contributed by atoms with van der Waals surface area (Å²) in [7, 11) is 0. The van der Waals surface area contributed by atoms with Crippen molar-refractivity contribution < 1.29 is 14.6 Å². The second-order valence-corrected chi connectivity index (χ2v) is 4.05. The smallest absolute Gasteiger partial charge is 0.306 e. The predicted octanol–water partition coefficient (Wildman–Crippen LogP) is 1.26. The molecule has 2 atom stereocenters. The molecule has 1 aliphatic carbocycles. The van der Waals surface area contributed by atoms with Crippen LogP contribution in [0.4, 0.5) is 0 Å². The molecule has 0 saturated heterocycles. The lowest BCUT2D eigenvalue weighted by Gasteiger charge is -2.27. The number of hydrogen-bond donors (Lipinski definition) is 2. The molecule has 4 nitrogen and oxygen atoms in total. The van der Waals surface area contributed by atoms with E-state index in [1.807, 2.05) is 6.92 Å². The fourth-order valence-electron chi connectivity index (χ4n) is 2.08. The highest BCUT2D eigenvalue weighted by atomic mass is 16.5. The molecule has 1 fully saturated rings. The summed E-state index contributed by atoms with van der Waals surface area (Å²) in [6.45, 7) is 4.25. The van der Waals surface area contributed by atoms with Gasteiger partial charge < -0.3 is 15.2 Å². The first-order valence-corrected chi connectivity index (χ1v) is 5.78. The molecule has 0 radical (unpaired) electrons. The molecule has 0 aromatic carbocycles. The van der Waals surface area contributed by atoms with Crippen LogP contribution in [0.15, 0.2) is 0 Å². The summed E-state index contributed by atoms with van der Waals surface area (Å²) in [6, 6.07) is 0.361. The van der Waals surface area contributed by atoms with E-state index in [1.165, 1.54) is 0 Å². The van der Waals surface area contributed by atoms with E-state index >= 15 is 0 Å². The monoisotopic (exact) mass is 215 g/mol. The van der Waals surface area contributed by atoms with Crippen LogP contribution in [-0.4, -0.2) is 36.9 Å². The maximum Gasteiger partial charge on any atom is 0.306 e. The third kappa shape index (κ3) is 4.62. The van der Waals surface area contributed by atoms with Crippen molar-refractivity contribution in [2.45, 2.75) is 38.6 Å². The lowest BCUT2D eigenvalue weighted by atomic mass is 9.86. The summed E-state index contributed by atoms with van der Waals surface area (Å²) in [5.41, 5.74) is 0. The third-order valence-electron chi connectivity index (χ3n) is 2.91. The second kappa shape index (κ2) is 6.80. The Labute approximate surface area is 91.0 Å². The Kier molecular flexibility index (Phi) is 5.65. The Bertz CT molecular complexity index is 196. The first-order valence-electron chi connectivity index (χ1n) is 5.78. The summed E-state index contributed by atoms with van der Waals surface area (Å²) in [5.74, 6) is -0.797. The average Bonchev–Trinajstić information content (AvgIpc) is 2.25. The summed E-state index contributed by atoms with van der Waals surface area (Å²) in [5, 5.41) is 12.3. The first kappa shape index (κ1) is 12.5. The molecule has 1 rings (SSSR count). The van der Waals surface area contributed by atoms with Gasteiger partial charge in [-0.3, -0.25) is 4.79 Å². The van der Waals surface area contributed by atoms with Crippen LogP contribution in [-0.2, 0) is 9.53 Å². The van der Waals surface area contributed by atoms with Crippen molar-refractivity contribution in [2.75, 3.05) is 19.8 Å². The van der Waals surface area contributed by atoms with Gasteiger partial charge in [0.15, 0.2) is 0 Å². The van der Waals surface area contributed by atoms with Gasteiger partial charge in [0.2, 0.25) is 0 Å². The molecular formula is C11H21NO3. The number of carboxylic acid groups (broad SMARTS) is 1. The minimum Gasteiger partial charge on any atom is -0.481 e. The summed E-state index contributed by atoms with van der Waals surface area (Å²) < 4.78 is 5.22. The van der Waals surface area contributed by atoms with Crippen molar-refractivity contribution in [3.05, 3.63) is 0 Å². The molecule has 0 aliphatic heterocycles. The predicted molar refractivity (Wildman–Crippen MR) is 57.9 cm³/mol. The van der Waals surface area contributed by atoms with Gasteiger partial charge in [-0.1, -0.05) is 6.42 Å². The molecule has 15 heavy (non-hydrogen) atoms. The lowest BCUT2D eigenvalue weighted by Crippen LogP contribution is -2.38. The highest BCUT2D eigenvalue weighted by Crippen LogP contribution is 2.24. The number of ether oxygens (including phenoxy) is 1. The van der Waals surface area contributed by atoms with Crippen LogP contribution in [0.1, 0.15) is 32.6 Å². The Morgan fingerprint density at radius 1 is 1.53 bits per heavy atom. The van der Waals surface area contributed by atoms with Crippen LogP contribution in [0.25, 0.3) is 0 Å². The molecular weight excluding hydrogens is 194 g/mol. The van der Waals surface area contributed by atoms with Crippen LogP contribution < -0.4 is 5.32 Å². The summed E-state index contributed by atoms with van der Waals surface area (Å²) in [4.78, 5) is 10.8. The van der Waals surface area contributed by atoms with Gasteiger partial charge in [0.25, 0.3) is 0 Å². The zero-order valence-corrected chi connectivity index (χ0v) is 9.37. The quantitative estimate of drug-likeness (QED) is 0.655. The fraction of sp³-hybridized carbons (Fsp3) is 0.909. The SMILES string of the molecule is CCOCCNC1CCCC(C(=O)O)C1. The van der Waals surface area contributed by atoms with E-state index < -0.39 is 5.97 Å². The standard InChI is InChI=1S/C11H21NO3/c1-2-15-7-6-12-10-5-3-4-9(8-10)11(13)14/h9-10,12H,2-8H2,1H3,(H,13,14). The molecule has 0 spiro atoms. The molecule has 2 N–H and O–H groups in total. The molecule has 1 saturated carbocycles. The van der Waals surface area contributed by atoms with Gasteiger partial charge in [0, 0.05) is 19.2 Å². The van der Waals surface area contributed by atoms with E-state index in [2.05, 4.69) is 5.32 Å². The normalized spacial score (nSPS) is 26.5. The number of aliphatic carboxylic acids is 1. The minimum atomic E-state index is -0.647. The molecule has 2 unspecified atom stereocenters. The molecule has 0 aromatic heterocycles. The fourth-order valence-corrected chi connectivity index (χ4v) is 2.08. The molecule has 0 heterocycles. The van der Waals surface area contributed by atoms with Crippen molar-refractivity contribution in [3.8, 4) is 0 Å². The van der Waals surface area contributed by atoms with Crippen LogP contribution in [0.2, 0.25) is 0 Å². The summed E-state index contributed by atoms with van der Waals surface area (Å²) >= 11 is 0. The summed E-state index contributed by atoms with van der Waals surface area (Å²) in [6.07, 6.45) is 3.71. The molecule has 4 heteroatoms. The molecule has 1 aliphatic rings. The van der Waals surface area contributed by atoms with E-state index in [4.69, 9.17) is 9.84 Å². The maximum atomic E-state index is 10.8. The molecule has 88 valence electrons. The minimum absolute atomic E-state index is 0.150. The molecule has 0 bridgehead atoms. The first-order chi connectivity index (χ1) is 7.24. The highest BCUT2D eigenvalue weighted by Gasteiger charge is 2.26. The van der Waals surface area contributed by atoms with Crippen LogP contribution in [0.5, 0.6) is 0 Å². The third-order valence-corrected chi connectivity index (χ3v) is 2.91. The van der Waals surface area contributed by atoms with E-state index in [0.29, 0.717) is 12.6 Å². The van der Waals surface area contributed by atoms with Gasteiger partial charge in [0.1, 0.15) is 0 Å². The number of nitrogens with one attached hydrogen (secondary N) is 1. The van der Waals surface area contributed by atoms with Crippen molar-refractivity contribution >= 4 is 5.97 Å². The zero-order chi connectivity index (χ0) is 11.1. The van der Waals surface area contributed by atoms with Crippen molar-refractivity contribution in [3.63, 3.8) is 0 Å². The number of hydrogen-bond acceptors (Lipinski definition) is 3. The zero-order valence-electron chi connectivity index (χ0n) is 9.37. The number of carbonyl (C=O) groups is 1. The van der Waals surface area contributed by atoms with Gasteiger partial charge in [-0.2, -0.15) is 0 Å². The second-order valence-electron chi connectivity index (χ2n) is 4.05. The van der Waals surface area contributed by atoms with Crippen molar-refractivity contribution in [1.82, 2.24) is 5.32 Å². The van der Waals surface area contributed by atoms with E-state index in [9.17, 15) is 4.79 Å². The Morgan fingerprint density at radius 3 is 3.00 bits per heavy atom. The average molecular weight is 215 g/mol. The van der Waals surface area contributed by atoms with Gasteiger partial charge in [-0.05, 0) is 26.2 Å². The topological polar surface area (TPSA) is 58.6 Å². The Balaban J connectivity index is 2.15. The van der Waals surface area contributed by atoms with Gasteiger partial charge >= 0.3 is 5.97 Å². The van der Waals surface area contributed by atoms with E-state index in [-0.39, 0.29) is 5.92 Å². The molecule has 0 aromatic rings. The van der Waals surface area contributed by atoms with Gasteiger partial charge in [0.05, 0.1) is 12.5 Å². The van der Waals surface area contributed by atoms with E-state index in [1.54, 1.807) is 0 Å². The van der Waals surface area contributed by atoms with Crippen LogP contribution in [0.3, 0.4) is 0 Å². The molecule has 0 amide bonds.